The van der Waals surface area contributed by atoms with Crippen LogP contribution < -0.4 is 5.32 Å². The molecule has 0 fully saturated rings. The Bertz CT molecular complexity index is 366. The highest BCUT2D eigenvalue weighted by Crippen LogP contribution is 2.24. The Labute approximate surface area is 118 Å². The van der Waals surface area contributed by atoms with Gasteiger partial charge in [0.2, 0.25) is 0 Å². The van der Waals surface area contributed by atoms with Crippen LogP contribution in [0.1, 0.15) is 32.8 Å². The normalized spacial score (nSPS) is 13.0. The van der Waals surface area contributed by atoms with Crippen LogP contribution in [0.15, 0.2) is 22.7 Å². The van der Waals surface area contributed by atoms with Gasteiger partial charge in [0.15, 0.2) is 0 Å². The molecule has 0 spiro atoms. The number of benzene rings is 1. The molecule has 1 aromatic carbocycles. The monoisotopic (exact) mass is 315 g/mol. The third kappa shape index (κ3) is 5.07. The Morgan fingerprint density at radius 3 is 2.61 bits per heavy atom. The maximum Gasteiger partial charge on any atom is 0.124 e. The summed E-state index contributed by atoms with van der Waals surface area (Å²) in [6.45, 7) is 8.75. The first kappa shape index (κ1) is 15.6. The minimum absolute atomic E-state index is 0.184. The van der Waals surface area contributed by atoms with Gasteiger partial charge in [-0.25, -0.2) is 4.39 Å². The number of halogens is 2. The van der Waals surface area contributed by atoms with Crippen molar-refractivity contribution in [3.63, 3.8) is 0 Å². The molecule has 1 unspecified atom stereocenters. The van der Waals surface area contributed by atoms with E-state index in [9.17, 15) is 4.39 Å². The lowest BCUT2D eigenvalue weighted by atomic mass is 9.89. The fraction of sp³-hybridized carbons (Fsp3) is 0.600. The highest BCUT2D eigenvalue weighted by molar-refractivity contribution is 9.10. The Morgan fingerprint density at radius 1 is 1.33 bits per heavy atom. The van der Waals surface area contributed by atoms with Gasteiger partial charge in [-0.1, -0.05) is 42.8 Å². The van der Waals surface area contributed by atoms with Crippen molar-refractivity contribution >= 4 is 15.9 Å². The third-order valence-electron chi connectivity index (χ3n) is 3.27. The number of hydrogen-bond donors (Lipinski definition) is 1. The average Bonchev–Trinajstić information content (AvgIpc) is 2.30. The fourth-order valence-corrected chi connectivity index (χ4v) is 2.49. The topological polar surface area (TPSA) is 12.0 Å². The van der Waals surface area contributed by atoms with Gasteiger partial charge in [0, 0.05) is 4.47 Å². The van der Waals surface area contributed by atoms with Gasteiger partial charge in [-0.2, -0.15) is 0 Å². The Morgan fingerprint density at radius 2 is 2.06 bits per heavy atom. The van der Waals surface area contributed by atoms with Crippen LogP contribution in [0.3, 0.4) is 0 Å². The van der Waals surface area contributed by atoms with Crippen LogP contribution in [-0.4, -0.2) is 13.1 Å². The van der Waals surface area contributed by atoms with Crippen LogP contribution in [0.5, 0.6) is 0 Å². The zero-order chi connectivity index (χ0) is 13.5. The SMILES string of the molecule is CCCNCC(Cc1ccc(F)cc1Br)C(C)C. The summed E-state index contributed by atoms with van der Waals surface area (Å²) in [5.41, 5.74) is 1.19. The first-order chi connectivity index (χ1) is 8.54. The van der Waals surface area contributed by atoms with Gasteiger partial charge in [-0.15, -0.1) is 0 Å². The van der Waals surface area contributed by atoms with E-state index < -0.39 is 0 Å². The molecule has 0 bridgehead atoms. The van der Waals surface area contributed by atoms with Gasteiger partial charge in [-0.05, 0) is 55.5 Å². The summed E-state index contributed by atoms with van der Waals surface area (Å²) in [7, 11) is 0. The summed E-state index contributed by atoms with van der Waals surface area (Å²) in [4.78, 5) is 0. The average molecular weight is 316 g/mol. The molecular formula is C15H23BrFN. The lowest BCUT2D eigenvalue weighted by Crippen LogP contribution is -2.28. The van der Waals surface area contributed by atoms with E-state index in [4.69, 9.17) is 0 Å². The van der Waals surface area contributed by atoms with E-state index in [-0.39, 0.29) is 5.82 Å². The molecule has 1 N–H and O–H groups in total. The second kappa shape index (κ2) is 7.90. The van der Waals surface area contributed by atoms with E-state index >= 15 is 0 Å². The summed E-state index contributed by atoms with van der Waals surface area (Å²) in [5, 5.41) is 3.48. The Balaban J connectivity index is 2.64. The Kier molecular flexibility index (Phi) is 6.87. The van der Waals surface area contributed by atoms with Crippen molar-refractivity contribution in [3.8, 4) is 0 Å². The molecular weight excluding hydrogens is 293 g/mol. The molecule has 0 saturated heterocycles. The molecule has 1 nitrogen and oxygen atoms in total. The fourth-order valence-electron chi connectivity index (χ4n) is 1.98. The molecule has 1 atom stereocenters. The van der Waals surface area contributed by atoms with E-state index in [1.165, 1.54) is 11.6 Å². The molecule has 0 saturated carbocycles. The molecule has 0 radical (unpaired) electrons. The van der Waals surface area contributed by atoms with E-state index in [0.717, 1.165) is 30.4 Å². The second-order valence-electron chi connectivity index (χ2n) is 5.15. The summed E-state index contributed by atoms with van der Waals surface area (Å²) < 4.78 is 13.9. The van der Waals surface area contributed by atoms with E-state index in [0.29, 0.717) is 11.8 Å². The van der Waals surface area contributed by atoms with E-state index in [1.807, 2.05) is 6.07 Å². The lowest BCUT2D eigenvalue weighted by Gasteiger charge is -2.22. The number of nitrogens with one attached hydrogen (secondary N) is 1. The molecule has 1 rings (SSSR count). The van der Waals surface area contributed by atoms with Crippen LogP contribution >= 0.6 is 15.9 Å². The summed E-state index contributed by atoms with van der Waals surface area (Å²) in [5.74, 6) is 1.01. The zero-order valence-electron chi connectivity index (χ0n) is 11.5. The maximum absolute atomic E-state index is 13.0. The minimum atomic E-state index is -0.184. The maximum atomic E-state index is 13.0. The number of hydrogen-bond acceptors (Lipinski definition) is 1. The van der Waals surface area contributed by atoms with Gasteiger partial charge in [-0.3, -0.25) is 0 Å². The molecule has 0 aliphatic heterocycles. The minimum Gasteiger partial charge on any atom is -0.316 e. The highest BCUT2D eigenvalue weighted by atomic mass is 79.9. The van der Waals surface area contributed by atoms with Crippen molar-refractivity contribution in [2.45, 2.75) is 33.6 Å². The first-order valence-electron chi connectivity index (χ1n) is 6.69. The van der Waals surface area contributed by atoms with Gasteiger partial charge in [0.25, 0.3) is 0 Å². The van der Waals surface area contributed by atoms with Crippen LogP contribution in [0.25, 0.3) is 0 Å². The Hall–Kier alpha value is -0.410. The standard InChI is InChI=1S/C15H23BrFN/c1-4-7-18-10-13(11(2)3)8-12-5-6-14(17)9-15(12)16/h5-6,9,11,13,18H,4,7-8,10H2,1-3H3. The molecule has 0 aliphatic carbocycles. The molecule has 0 amide bonds. The molecule has 18 heavy (non-hydrogen) atoms. The van der Waals surface area contributed by atoms with Crippen molar-refractivity contribution < 1.29 is 4.39 Å². The van der Waals surface area contributed by atoms with Gasteiger partial charge in [0.05, 0.1) is 0 Å². The van der Waals surface area contributed by atoms with Crippen LogP contribution in [0.4, 0.5) is 4.39 Å². The molecule has 102 valence electrons. The summed E-state index contributed by atoms with van der Waals surface area (Å²) >= 11 is 3.45. The van der Waals surface area contributed by atoms with Crippen molar-refractivity contribution in [2.75, 3.05) is 13.1 Å². The summed E-state index contributed by atoms with van der Waals surface area (Å²) in [6, 6.07) is 4.97. The molecule has 0 aliphatic rings. The van der Waals surface area contributed by atoms with E-state index in [2.05, 4.69) is 42.0 Å². The highest BCUT2D eigenvalue weighted by Gasteiger charge is 2.15. The van der Waals surface area contributed by atoms with Crippen molar-refractivity contribution in [3.05, 3.63) is 34.1 Å². The van der Waals surface area contributed by atoms with Crippen LogP contribution in [0.2, 0.25) is 0 Å². The van der Waals surface area contributed by atoms with Crippen LogP contribution in [0, 0.1) is 17.7 Å². The molecule has 0 heterocycles. The quantitative estimate of drug-likeness (QED) is 0.735. The predicted octanol–water partition coefficient (Wildman–Crippen LogP) is 4.40. The van der Waals surface area contributed by atoms with Gasteiger partial charge >= 0.3 is 0 Å². The second-order valence-corrected chi connectivity index (χ2v) is 6.00. The molecule has 0 aromatic heterocycles. The van der Waals surface area contributed by atoms with Crippen molar-refractivity contribution in [2.24, 2.45) is 11.8 Å². The zero-order valence-corrected chi connectivity index (χ0v) is 13.1. The summed E-state index contributed by atoms with van der Waals surface area (Å²) in [6.07, 6.45) is 2.14. The van der Waals surface area contributed by atoms with Gasteiger partial charge < -0.3 is 5.32 Å². The van der Waals surface area contributed by atoms with Crippen molar-refractivity contribution in [1.29, 1.82) is 0 Å². The lowest BCUT2D eigenvalue weighted by molar-refractivity contribution is 0.360. The number of rotatable bonds is 7. The van der Waals surface area contributed by atoms with Gasteiger partial charge in [0.1, 0.15) is 5.82 Å². The predicted molar refractivity (Wildman–Crippen MR) is 79.3 cm³/mol. The third-order valence-corrected chi connectivity index (χ3v) is 4.01. The first-order valence-corrected chi connectivity index (χ1v) is 7.48. The molecule has 1 aromatic rings. The molecule has 3 heteroatoms. The van der Waals surface area contributed by atoms with Crippen molar-refractivity contribution in [1.82, 2.24) is 5.32 Å². The smallest absolute Gasteiger partial charge is 0.124 e. The van der Waals surface area contributed by atoms with Crippen LogP contribution in [-0.2, 0) is 6.42 Å². The van der Waals surface area contributed by atoms with E-state index in [1.54, 1.807) is 6.07 Å². The largest absolute Gasteiger partial charge is 0.316 e.